The Morgan fingerprint density at radius 1 is 1.42 bits per heavy atom. The Hall–Kier alpha value is -0.570. The second-order valence-corrected chi connectivity index (χ2v) is 3.11. The van der Waals surface area contributed by atoms with E-state index >= 15 is 0 Å². The zero-order valence-electron chi connectivity index (χ0n) is 8.17. The first-order valence-electron chi connectivity index (χ1n) is 4.54. The van der Waals surface area contributed by atoms with Crippen molar-refractivity contribution >= 4 is 5.97 Å². The van der Waals surface area contributed by atoms with Crippen LogP contribution in [0.3, 0.4) is 0 Å². The van der Waals surface area contributed by atoms with Crippen LogP contribution in [0.4, 0.5) is 0 Å². The van der Waals surface area contributed by atoms with Gasteiger partial charge in [0, 0.05) is 6.04 Å². The van der Waals surface area contributed by atoms with Crippen LogP contribution < -0.4 is 5.73 Å². The minimum Gasteiger partial charge on any atom is -0.464 e. The van der Waals surface area contributed by atoms with Crippen molar-refractivity contribution in [2.75, 3.05) is 6.61 Å². The largest absolute Gasteiger partial charge is 0.464 e. The van der Waals surface area contributed by atoms with Gasteiger partial charge in [0.15, 0.2) is 0 Å². The molecule has 0 radical (unpaired) electrons. The van der Waals surface area contributed by atoms with Gasteiger partial charge in [0.1, 0.15) is 6.61 Å². The third kappa shape index (κ3) is 4.34. The molecule has 0 aromatic rings. The molecule has 0 saturated heterocycles. The van der Waals surface area contributed by atoms with Crippen molar-refractivity contribution in [2.24, 2.45) is 11.7 Å². The van der Waals surface area contributed by atoms with Crippen molar-refractivity contribution in [3.8, 4) is 0 Å². The van der Waals surface area contributed by atoms with Gasteiger partial charge in [0.2, 0.25) is 0 Å². The average molecular weight is 173 g/mol. The summed E-state index contributed by atoms with van der Waals surface area (Å²) in [4.78, 5) is 11.1. The van der Waals surface area contributed by atoms with Crippen LogP contribution in [-0.4, -0.2) is 18.6 Å². The first kappa shape index (κ1) is 11.4. The molecule has 0 aromatic heterocycles. The van der Waals surface area contributed by atoms with Gasteiger partial charge in [-0.2, -0.15) is 0 Å². The minimum atomic E-state index is -0.138. The molecule has 2 unspecified atom stereocenters. The minimum absolute atomic E-state index is 0.00550. The normalized spacial score (nSPS) is 15.3. The maximum atomic E-state index is 11.1. The quantitative estimate of drug-likeness (QED) is 0.638. The lowest BCUT2D eigenvalue weighted by atomic mass is 10.1. The van der Waals surface area contributed by atoms with Gasteiger partial charge in [0.05, 0.1) is 5.92 Å². The van der Waals surface area contributed by atoms with E-state index in [4.69, 9.17) is 10.5 Å². The SMILES string of the molecule is CCC(N)COC(=O)C(C)CC. The van der Waals surface area contributed by atoms with E-state index < -0.39 is 0 Å². The molecular formula is C9H19NO2. The molecule has 0 heterocycles. The molecule has 0 rings (SSSR count). The van der Waals surface area contributed by atoms with E-state index in [0.29, 0.717) is 6.61 Å². The first-order valence-corrected chi connectivity index (χ1v) is 4.54. The number of ether oxygens (including phenoxy) is 1. The number of esters is 1. The Balaban J connectivity index is 3.56. The van der Waals surface area contributed by atoms with Crippen LogP contribution in [0.5, 0.6) is 0 Å². The first-order chi connectivity index (χ1) is 5.61. The van der Waals surface area contributed by atoms with Gasteiger partial charge in [-0.05, 0) is 12.8 Å². The zero-order chi connectivity index (χ0) is 9.56. The maximum absolute atomic E-state index is 11.1. The van der Waals surface area contributed by atoms with Crippen molar-refractivity contribution in [3.05, 3.63) is 0 Å². The molecule has 0 saturated carbocycles. The fourth-order valence-corrected chi connectivity index (χ4v) is 0.616. The fraction of sp³-hybridized carbons (Fsp3) is 0.889. The van der Waals surface area contributed by atoms with Gasteiger partial charge < -0.3 is 10.5 Å². The lowest BCUT2D eigenvalue weighted by molar-refractivity contribution is -0.148. The Bertz CT molecular complexity index is 136. The average Bonchev–Trinajstić information content (AvgIpc) is 2.11. The van der Waals surface area contributed by atoms with E-state index in [1.165, 1.54) is 0 Å². The Morgan fingerprint density at radius 3 is 2.42 bits per heavy atom. The molecule has 0 aromatic carbocycles. The summed E-state index contributed by atoms with van der Waals surface area (Å²) in [5, 5.41) is 0. The van der Waals surface area contributed by atoms with Crippen LogP contribution in [0.2, 0.25) is 0 Å². The van der Waals surface area contributed by atoms with E-state index in [1.54, 1.807) is 0 Å². The summed E-state index contributed by atoms with van der Waals surface area (Å²) in [6.45, 7) is 6.15. The topological polar surface area (TPSA) is 52.3 Å². The molecule has 0 aliphatic carbocycles. The van der Waals surface area contributed by atoms with Crippen molar-refractivity contribution in [1.29, 1.82) is 0 Å². The van der Waals surface area contributed by atoms with Gasteiger partial charge in [-0.25, -0.2) is 0 Å². The van der Waals surface area contributed by atoms with Gasteiger partial charge in [-0.15, -0.1) is 0 Å². The molecule has 0 aliphatic rings. The van der Waals surface area contributed by atoms with Crippen LogP contribution >= 0.6 is 0 Å². The van der Waals surface area contributed by atoms with E-state index in [0.717, 1.165) is 12.8 Å². The summed E-state index contributed by atoms with van der Waals surface area (Å²) in [7, 11) is 0. The standard InChI is InChI=1S/C9H19NO2/c1-4-7(3)9(11)12-6-8(10)5-2/h7-8H,4-6,10H2,1-3H3. The summed E-state index contributed by atoms with van der Waals surface area (Å²) < 4.78 is 4.98. The molecule has 0 amide bonds. The molecule has 0 fully saturated rings. The van der Waals surface area contributed by atoms with Gasteiger partial charge in [-0.3, -0.25) is 4.79 Å². The molecule has 72 valence electrons. The van der Waals surface area contributed by atoms with Crippen LogP contribution in [0, 0.1) is 5.92 Å². The van der Waals surface area contributed by atoms with E-state index in [2.05, 4.69) is 0 Å². The summed E-state index contributed by atoms with van der Waals surface area (Å²) >= 11 is 0. The Morgan fingerprint density at radius 2 is 2.00 bits per heavy atom. The number of carbonyl (C=O) groups is 1. The van der Waals surface area contributed by atoms with Crippen LogP contribution in [-0.2, 0) is 9.53 Å². The molecule has 2 N–H and O–H groups in total. The second kappa shape index (κ2) is 6.00. The van der Waals surface area contributed by atoms with Gasteiger partial charge in [-0.1, -0.05) is 20.8 Å². The predicted octanol–water partition coefficient (Wildman–Crippen LogP) is 1.31. The number of carbonyl (C=O) groups excluding carboxylic acids is 1. The Kier molecular flexibility index (Phi) is 5.72. The van der Waals surface area contributed by atoms with Gasteiger partial charge >= 0.3 is 5.97 Å². The maximum Gasteiger partial charge on any atom is 0.308 e. The third-order valence-electron chi connectivity index (χ3n) is 1.98. The number of hydrogen-bond acceptors (Lipinski definition) is 3. The highest BCUT2D eigenvalue weighted by atomic mass is 16.5. The molecule has 0 spiro atoms. The third-order valence-corrected chi connectivity index (χ3v) is 1.98. The zero-order valence-corrected chi connectivity index (χ0v) is 8.17. The van der Waals surface area contributed by atoms with E-state index in [9.17, 15) is 4.79 Å². The lowest BCUT2D eigenvalue weighted by Crippen LogP contribution is -2.28. The van der Waals surface area contributed by atoms with Crippen LogP contribution in [0.1, 0.15) is 33.6 Å². The molecule has 2 atom stereocenters. The summed E-state index contributed by atoms with van der Waals surface area (Å²) in [5.74, 6) is -0.143. The molecular weight excluding hydrogens is 154 g/mol. The Labute approximate surface area is 74.3 Å². The summed E-state index contributed by atoms with van der Waals surface area (Å²) in [6, 6.07) is -0.0157. The van der Waals surface area contributed by atoms with Crippen LogP contribution in [0.25, 0.3) is 0 Å². The lowest BCUT2D eigenvalue weighted by Gasteiger charge is -2.12. The highest BCUT2D eigenvalue weighted by Crippen LogP contribution is 2.03. The monoisotopic (exact) mass is 173 g/mol. The molecule has 0 bridgehead atoms. The fourth-order valence-electron chi connectivity index (χ4n) is 0.616. The van der Waals surface area contributed by atoms with Crippen molar-refractivity contribution in [2.45, 2.75) is 39.7 Å². The highest BCUT2D eigenvalue weighted by molar-refractivity contribution is 5.71. The number of rotatable bonds is 5. The van der Waals surface area contributed by atoms with Crippen molar-refractivity contribution < 1.29 is 9.53 Å². The van der Waals surface area contributed by atoms with Crippen LogP contribution in [0.15, 0.2) is 0 Å². The highest BCUT2D eigenvalue weighted by Gasteiger charge is 2.12. The number of hydrogen-bond donors (Lipinski definition) is 1. The summed E-state index contributed by atoms with van der Waals surface area (Å²) in [6.07, 6.45) is 1.66. The van der Waals surface area contributed by atoms with E-state index in [1.807, 2.05) is 20.8 Å². The molecule has 12 heavy (non-hydrogen) atoms. The molecule has 3 heteroatoms. The van der Waals surface area contributed by atoms with Gasteiger partial charge in [0.25, 0.3) is 0 Å². The molecule has 0 aliphatic heterocycles. The number of nitrogens with two attached hydrogens (primary N) is 1. The van der Waals surface area contributed by atoms with Crippen molar-refractivity contribution in [3.63, 3.8) is 0 Å². The predicted molar refractivity (Wildman–Crippen MR) is 48.7 cm³/mol. The molecule has 3 nitrogen and oxygen atoms in total. The second-order valence-electron chi connectivity index (χ2n) is 3.11. The van der Waals surface area contributed by atoms with Crippen molar-refractivity contribution in [1.82, 2.24) is 0 Å². The smallest absolute Gasteiger partial charge is 0.308 e. The summed E-state index contributed by atoms with van der Waals surface area (Å²) in [5.41, 5.74) is 5.59. The van der Waals surface area contributed by atoms with E-state index in [-0.39, 0.29) is 17.9 Å².